The van der Waals surface area contributed by atoms with Gasteiger partial charge in [-0.25, -0.2) is 4.98 Å². The molecule has 33 heavy (non-hydrogen) atoms. The van der Waals surface area contributed by atoms with Crippen molar-refractivity contribution in [1.29, 1.82) is 10.5 Å². The molecule has 3 rings (SSSR count). The van der Waals surface area contributed by atoms with Gasteiger partial charge in [0.2, 0.25) is 5.91 Å². The molecule has 2 aromatic rings. The van der Waals surface area contributed by atoms with Crippen molar-refractivity contribution in [3.8, 4) is 12.1 Å². The van der Waals surface area contributed by atoms with Gasteiger partial charge in [-0.2, -0.15) is 10.5 Å². The molecule has 4 N–H and O–H groups in total. The van der Waals surface area contributed by atoms with Crippen molar-refractivity contribution in [2.45, 2.75) is 36.1 Å². The van der Waals surface area contributed by atoms with Gasteiger partial charge in [-0.05, 0) is 30.5 Å². The van der Waals surface area contributed by atoms with Crippen molar-refractivity contribution in [3.63, 3.8) is 0 Å². The Morgan fingerprint density at radius 2 is 2.00 bits per heavy atom. The summed E-state index contributed by atoms with van der Waals surface area (Å²) in [5, 5.41) is 19.5. The third-order valence-electron chi connectivity index (χ3n) is 5.84. The number of pyridine rings is 1. The third-order valence-corrected chi connectivity index (χ3v) is 7.10. The van der Waals surface area contributed by atoms with Crippen LogP contribution in [0.1, 0.15) is 40.8 Å². The summed E-state index contributed by atoms with van der Waals surface area (Å²) in [7, 11) is 1.89. The van der Waals surface area contributed by atoms with E-state index in [9.17, 15) is 15.3 Å². The molecular formula is C24H29N7OS. The lowest BCUT2D eigenvalue weighted by Gasteiger charge is -2.25. The molecule has 0 saturated carbocycles. The molecule has 1 saturated heterocycles. The lowest BCUT2D eigenvalue weighted by molar-refractivity contribution is -0.117. The second-order valence-corrected chi connectivity index (χ2v) is 9.22. The summed E-state index contributed by atoms with van der Waals surface area (Å²) in [5.41, 5.74) is 13.8. The van der Waals surface area contributed by atoms with Gasteiger partial charge in [-0.3, -0.25) is 9.69 Å². The number of thioether (sulfide) groups is 1. The fraction of sp³-hybridized carbons (Fsp3) is 0.417. The van der Waals surface area contributed by atoms with Gasteiger partial charge in [0.05, 0.1) is 11.1 Å². The van der Waals surface area contributed by atoms with Gasteiger partial charge in [0.25, 0.3) is 0 Å². The number of hydrogen-bond acceptors (Lipinski definition) is 8. The lowest BCUT2D eigenvalue weighted by Crippen LogP contribution is -2.34. The maximum Gasteiger partial charge on any atom is 0.235 e. The quantitative estimate of drug-likeness (QED) is 0.540. The van der Waals surface area contributed by atoms with Crippen LogP contribution in [-0.2, 0) is 11.2 Å². The zero-order valence-electron chi connectivity index (χ0n) is 19.0. The minimum absolute atomic E-state index is 0.205. The van der Waals surface area contributed by atoms with Crippen LogP contribution in [-0.4, -0.2) is 55.1 Å². The predicted octanol–water partition coefficient (Wildman–Crippen LogP) is 2.18. The van der Waals surface area contributed by atoms with E-state index in [-0.39, 0.29) is 6.04 Å². The number of carbonyl (C=O) groups is 1. The minimum atomic E-state index is -0.701. The number of nitrogens with zero attached hydrogens (tertiary/aromatic N) is 5. The molecule has 1 aromatic carbocycles. The van der Waals surface area contributed by atoms with Crippen LogP contribution in [0.2, 0.25) is 0 Å². The fourth-order valence-electron chi connectivity index (χ4n) is 4.04. The van der Waals surface area contributed by atoms with Crippen molar-refractivity contribution in [2.75, 3.05) is 38.1 Å². The number of carbonyl (C=O) groups excluding carboxylic acids is 1. The van der Waals surface area contributed by atoms with Crippen molar-refractivity contribution < 1.29 is 4.79 Å². The number of hydrogen-bond donors (Lipinski definition) is 2. The van der Waals surface area contributed by atoms with Crippen LogP contribution in [0.25, 0.3) is 0 Å². The molecule has 1 aliphatic heterocycles. The number of benzene rings is 1. The van der Waals surface area contributed by atoms with Gasteiger partial charge in [0, 0.05) is 32.7 Å². The molecule has 2 atom stereocenters. The van der Waals surface area contributed by atoms with Crippen LogP contribution in [0.15, 0.2) is 35.4 Å². The Morgan fingerprint density at radius 3 is 2.55 bits per heavy atom. The van der Waals surface area contributed by atoms with Gasteiger partial charge in [-0.15, -0.1) is 0 Å². The topological polar surface area (TPSA) is 136 Å². The summed E-state index contributed by atoms with van der Waals surface area (Å²) in [4.78, 5) is 21.2. The summed E-state index contributed by atoms with van der Waals surface area (Å²) < 4.78 is 0. The van der Waals surface area contributed by atoms with Crippen LogP contribution in [0.3, 0.4) is 0 Å². The van der Waals surface area contributed by atoms with Gasteiger partial charge in [0.1, 0.15) is 28.2 Å². The Balaban J connectivity index is 1.98. The molecule has 1 aliphatic rings. The summed E-state index contributed by atoms with van der Waals surface area (Å²) in [5.74, 6) is -0.00444. The number of rotatable bonds is 9. The Morgan fingerprint density at radius 1 is 1.30 bits per heavy atom. The fourth-order valence-corrected chi connectivity index (χ4v) is 5.10. The molecule has 0 aliphatic carbocycles. The van der Waals surface area contributed by atoms with Crippen molar-refractivity contribution >= 4 is 23.5 Å². The smallest absolute Gasteiger partial charge is 0.235 e. The van der Waals surface area contributed by atoms with Crippen LogP contribution >= 0.6 is 11.8 Å². The number of nitrogens with two attached hydrogens (primary N) is 2. The van der Waals surface area contributed by atoms with Gasteiger partial charge in [0.15, 0.2) is 0 Å². The first kappa shape index (κ1) is 24.5. The van der Waals surface area contributed by atoms with E-state index in [1.807, 2.05) is 49.2 Å². The number of likely N-dealkylation sites (N-methyl/N-ethyl adjacent to an activating group) is 1. The van der Waals surface area contributed by atoms with Gasteiger partial charge in [-0.1, -0.05) is 49.0 Å². The molecule has 1 unspecified atom stereocenters. The molecular weight excluding hydrogens is 434 g/mol. The molecule has 1 fully saturated rings. The first-order valence-electron chi connectivity index (χ1n) is 11.0. The average Bonchev–Trinajstić information content (AvgIpc) is 3.25. The number of primary amides is 1. The van der Waals surface area contributed by atoms with E-state index in [0.717, 1.165) is 43.4 Å². The number of anilines is 1. The van der Waals surface area contributed by atoms with E-state index < -0.39 is 11.2 Å². The highest BCUT2D eigenvalue weighted by Gasteiger charge is 2.27. The number of amides is 1. The molecule has 9 heteroatoms. The zero-order valence-corrected chi connectivity index (χ0v) is 19.8. The molecule has 1 amide bonds. The lowest BCUT2D eigenvalue weighted by atomic mass is 10.0. The zero-order chi connectivity index (χ0) is 24.0. The molecule has 2 heterocycles. The Labute approximate surface area is 199 Å². The van der Waals surface area contributed by atoms with E-state index in [4.69, 9.17) is 16.5 Å². The van der Waals surface area contributed by atoms with E-state index in [0.29, 0.717) is 40.5 Å². The predicted molar refractivity (Wildman–Crippen MR) is 130 cm³/mol. The standard InChI is InChI=1S/C24H29N7OS/c1-3-18-19(13-25)23(30(2)11-12-31-10-9-17(27)15-31)29-24(20(18)14-26)33-21(22(28)32)16-7-5-4-6-8-16/h4-8,17,21H,3,9-12,15,27H2,1-2H3,(H2,28,32)/t17-,21?/m0/s1. The molecule has 0 radical (unpaired) electrons. The van der Waals surface area contributed by atoms with Crippen LogP contribution in [0.4, 0.5) is 5.82 Å². The van der Waals surface area contributed by atoms with E-state index in [2.05, 4.69) is 17.0 Å². The summed E-state index contributed by atoms with van der Waals surface area (Å²) in [6, 6.07) is 13.9. The van der Waals surface area contributed by atoms with Crippen LogP contribution < -0.4 is 16.4 Å². The van der Waals surface area contributed by atoms with Crippen molar-refractivity contribution in [1.82, 2.24) is 9.88 Å². The van der Waals surface area contributed by atoms with E-state index in [1.165, 1.54) is 0 Å². The minimum Gasteiger partial charge on any atom is -0.368 e. The number of nitriles is 2. The average molecular weight is 464 g/mol. The maximum atomic E-state index is 12.3. The molecule has 8 nitrogen and oxygen atoms in total. The van der Waals surface area contributed by atoms with Crippen molar-refractivity contribution in [3.05, 3.63) is 52.6 Å². The second-order valence-electron chi connectivity index (χ2n) is 8.13. The Hall–Kier alpha value is -3.11. The SMILES string of the molecule is CCc1c(C#N)c(SC(C(N)=O)c2ccccc2)nc(N(C)CCN2CC[C@H](N)C2)c1C#N. The summed E-state index contributed by atoms with van der Waals surface area (Å²) in [6.45, 7) is 5.18. The van der Waals surface area contributed by atoms with E-state index in [1.54, 1.807) is 0 Å². The third kappa shape index (κ3) is 5.63. The summed E-state index contributed by atoms with van der Waals surface area (Å²) in [6.07, 6.45) is 1.48. The summed E-state index contributed by atoms with van der Waals surface area (Å²) >= 11 is 1.15. The van der Waals surface area contributed by atoms with Crippen LogP contribution in [0.5, 0.6) is 0 Å². The van der Waals surface area contributed by atoms with Crippen LogP contribution in [0, 0.1) is 22.7 Å². The first-order valence-corrected chi connectivity index (χ1v) is 11.8. The molecule has 0 bridgehead atoms. The monoisotopic (exact) mass is 463 g/mol. The van der Waals surface area contributed by atoms with Gasteiger partial charge >= 0.3 is 0 Å². The van der Waals surface area contributed by atoms with Gasteiger partial charge < -0.3 is 16.4 Å². The Kier molecular flexibility index (Phi) is 8.29. The van der Waals surface area contributed by atoms with E-state index >= 15 is 0 Å². The highest BCUT2D eigenvalue weighted by molar-refractivity contribution is 8.00. The highest BCUT2D eigenvalue weighted by atomic mass is 32.2. The number of aromatic nitrogens is 1. The Bertz CT molecular complexity index is 1080. The molecule has 0 spiro atoms. The van der Waals surface area contributed by atoms with Crippen molar-refractivity contribution in [2.24, 2.45) is 11.5 Å². The first-order chi connectivity index (χ1) is 15.9. The normalized spacial score (nSPS) is 16.7. The maximum absolute atomic E-state index is 12.3. The molecule has 172 valence electrons. The second kappa shape index (κ2) is 11.2. The largest absolute Gasteiger partial charge is 0.368 e. The highest BCUT2D eigenvalue weighted by Crippen LogP contribution is 2.39. The molecule has 1 aromatic heterocycles. The number of likely N-dealkylation sites (tertiary alicyclic amines) is 1.